The number of hydrogen-bond acceptors (Lipinski definition) is 5. The number of halogens is 2. The van der Waals surface area contributed by atoms with E-state index >= 15 is 0 Å². The van der Waals surface area contributed by atoms with Gasteiger partial charge in [0.1, 0.15) is 11.5 Å². The monoisotopic (exact) mass is 440 g/mol. The van der Waals surface area contributed by atoms with Crippen LogP contribution in [0.1, 0.15) is 23.2 Å². The van der Waals surface area contributed by atoms with Crippen molar-refractivity contribution in [1.29, 1.82) is 0 Å². The van der Waals surface area contributed by atoms with Crippen LogP contribution in [0.5, 0.6) is 11.5 Å². The molecule has 2 heterocycles. The third-order valence-corrected chi connectivity index (χ3v) is 4.49. The predicted octanol–water partition coefficient (Wildman–Crippen LogP) is 2.64. The Balaban J connectivity index is 0.00000210. The molecule has 0 radical (unpaired) electrons. The molecule has 3 rings (SSSR count). The Morgan fingerprint density at radius 2 is 1.93 bits per heavy atom. The minimum absolute atomic E-state index is 0. The fraction of sp³-hybridized carbons (Fsp3) is 0.350. The highest BCUT2D eigenvalue weighted by Gasteiger charge is 2.28. The second-order valence-corrected chi connectivity index (χ2v) is 6.49. The molecule has 1 unspecified atom stereocenters. The number of carbonyl (C=O) groups excluding carboxylic acids is 2. The average Bonchev–Trinajstić information content (AvgIpc) is 2.73. The quantitative estimate of drug-likeness (QED) is 0.719. The molecule has 0 aliphatic carbocycles. The summed E-state index contributed by atoms with van der Waals surface area (Å²) in [5.41, 5.74) is 6.01. The normalized spacial score (nSPS) is 15.5. The number of hydrogen-bond donors (Lipinski definition) is 2. The van der Waals surface area contributed by atoms with Gasteiger partial charge in [-0.05, 0) is 49.2 Å². The number of likely N-dealkylation sites (tertiary alicyclic amines) is 1. The molecule has 1 aromatic heterocycles. The highest BCUT2D eigenvalue weighted by atomic mass is 35.5. The molecule has 9 heteroatoms. The molecule has 3 N–H and O–H groups in total. The van der Waals surface area contributed by atoms with E-state index in [-0.39, 0.29) is 42.5 Å². The summed E-state index contributed by atoms with van der Waals surface area (Å²) in [4.78, 5) is 30.7. The van der Waals surface area contributed by atoms with Gasteiger partial charge in [0.25, 0.3) is 5.91 Å². The minimum Gasteiger partial charge on any atom is -0.456 e. The van der Waals surface area contributed by atoms with Crippen molar-refractivity contribution >= 4 is 36.6 Å². The first kappa shape index (κ1) is 24.7. The van der Waals surface area contributed by atoms with Crippen LogP contribution in [0.25, 0.3) is 0 Å². The smallest absolute Gasteiger partial charge is 0.253 e. The van der Waals surface area contributed by atoms with Gasteiger partial charge in [-0.15, -0.1) is 24.8 Å². The standard InChI is InChI=1S/C20H24N4O3.2ClH/c21-9-11-23-19(25)16-3-2-12-24(14-16)20(26)15-5-7-17(8-6-15)27-18-4-1-10-22-13-18;;/h1,4-8,10,13,16H,2-3,9,11-12,14,21H2,(H,23,25);2*1H. The van der Waals surface area contributed by atoms with Gasteiger partial charge in [0.15, 0.2) is 0 Å². The second kappa shape index (κ2) is 12.3. The van der Waals surface area contributed by atoms with Gasteiger partial charge in [0.05, 0.1) is 12.1 Å². The zero-order valence-corrected chi connectivity index (χ0v) is 17.6. The molecule has 0 saturated carbocycles. The number of amides is 2. The highest BCUT2D eigenvalue weighted by Crippen LogP contribution is 2.23. The first-order valence-electron chi connectivity index (χ1n) is 9.12. The predicted molar refractivity (Wildman–Crippen MR) is 116 cm³/mol. The van der Waals surface area contributed by atoms with E-state index in [9.17, 15) is 9.59 Å². The number of pyridine rings is 1. The molecule has 7 nitrogen and oxygen atoms in total. The molecule has 2 amide bonds. The number of piperidine rings is 1. The first-order chi connectivity index (χ1) is 13.2. The molecular weight excluding hydrogens is 415 g/mol. The molecule has 1 aliphatic heterocycles. The van der Waals surface area contributed by atoms with Crippen molar-refractivity contribution in [3.8, 4) is 11.5 Å². The molecule has 1 atom stereocenters. The average molecular weight is 441 g/mol. The highest BCUT2D eigenvalue weighted by molar-refractivity contribution is 5.94. The second-order valence-electron chi connectivity index (χ2n) is 6.49. The number of aromatic nitrogens is 1. The molecular formula is C20H26Cl2N4O3. The maximum absolute atomic E-state index is 12.8. The lowest BCUT2D eigenvalue weighted by Crippen LogP contribution is -2.46. The maximum atomic E-state index is 12.8. The van der Waals surface area contributed by atoms with Gasteiger partial charge in [-0.3, -0.25) is 14.6 Å². The molecule has 1 fully saturated rings. The molecule has 158 valence electrons. The fourth-order valence-electron chi connectivity index (χ4n) is 3.11. The largest absolute Gasteiger partial charge is 0.456 e. The van der Waals surface area contributed by atoms with E-state index in [1.54, 1.807) is 47.6 Å². The number of benzene rings is 1. The van der Waals surface area contributed by atoms with Crippen LogP contribution in [0.2, 0.25) is 0 Å². The number of rotatable bonds is 6. The van der Waals surface area contributed by atoms with E-state index in [1.807, 2.05) is 6.07 Å². The van der Waals surface area contributed by atoms with Crippen molar-refractivity contribution in [3.63, 3.8) is 0 Å². The number of nitrogens with one attached hydrogen (secondary N) is 1. The molecule has 1 aliphatic rings. The van der Waals surface area contributed by atoms with E-state index in [2.05, 4.69) is 10.3 Å². The van der Waals surface area contributed by atoms with Gasteiger partial charge in [-0.25, -0.2) is 0 Å². The number of nitrogens with zero attached hydrogens (tertiary/aromatic N) is 2. The van der Waals surface area contributed by atoms with Crippen molar-refractivity contribution in [2.45, 2.75) is 12.8 Å². The molecule has 2 aromatic rings. The summed E-state index contributed by atoms with van der Waals surface area (Å²) in [5.74, 6) is 0.996. The Morgan fingerprint density at radius 3 is 2.59 bits per heavy atom. The first-order valence-corrected chi connectivity index (χ1v) is 9.12. The van der Waals surface area contributed by atoms with Gasteiger partial charge in [0.2, 0.25) is 5.91 Å². The summed E-state index contributed by atoms with van der Waals surface area (Å²) < 4.78 is 5.69. The number of ether oxygens (including phenoxy) is 1. The lowest BCUT2D eigenvalue weighted by Gasteiger charge is -2.32. The Hall–Kier alpha value is -2.35. The fourth-order valence-corrected chi connectivity index (χ4v) is 3.11. The summed E-state index contributed by atoms with van der Waals surface area (Å²) in [6.45, 7) is 1.97. The molecule has 1 saturated heterocycles. The zero-order chi connectivity index (χ0) is 19.1. The van der Waals surface area contributed by atoms with Crippen LogP contribution in [-0.2, 0) is 4.79 Å². The topological polar surface area (TPSA) is 97.6 Å². The molecule has 29 heavy (non-hydrogen) atoms. The van der Waals surface area contributed by atoms with Crippen LogP contribution in [0.15, 0.2) is 48.8 Å². The van der Waals surface area contributed by atoms with Gasteiger partial charge < -0.3 is 20.7 Å². The zero-order valence-electron chi connectivity index (χ0n) is 16.0. The van der Waals surface area contributed by atoms with Crippen LogP contribution in [0.4, 0.5) is 0 Å². The third-order valence-electron chi connectivity index (χ3n) is 4.49. The Labute approximate surface area is 182 Å². The van der Waals surface area contributed by atoms with Gasteiger partial charge in [-0.1, -0.05) is 0 Å². The van der Waals surface area contributed by atoms with Crippen LogP contribution in [0.3, 0.4) is 0 Å². The van der Waals surface area contributed by atoms with Crippen LogP contribution < -0.4 is 15.8 Å². The third kappa shape index (κ3) is 6.88. The van der Waals surface area contributed by atoms with Crippen LogP contribution in [0, 0.1) is 5.92 Å². The summed E-state index contributed by atoms with van der Waals surface area (Å²) in [5, 5.41) is 2.81. The summed E-state index contributed by atoms with van der Waals surface area (Å²) in [6.07, 6.45) is 4.91. The Morgan fingerprint density at radius 1 is 1.17 bits per heavy atom. The van der Waals surface area contributed by atoms with Crippen LogP contribution in [-0.4, -0.2) is 47.9 Å². The number of nitrogens with two attached hydrogens (primary N) is 1. The lowest BCUT2D eigenvalue weighted by atomic mass is 9.96. The van der Waals surface area contributed by atoms with Gasteiger partial charge in [-0.2, -0.15) is 0 Å². The summed E-state index contributed by atoms with van der Waals surface area (Å²) in [7, 11) is 0. The van der Waals surface area contributed by atoms with Crippen LogP contribution >= 0.6 is 24.8 Å². The van der Waals surface area contributed by atoms with Crippen molar-refractivity contribution < 1.29 is 14.3 Å². The SMILES string of the molecule is Cl.Cl.NCCNC(=O)C1CCCN(C(=O)c2ccc(Oc3cccnc3)cc2)C1. The Bertz CT molecular complexity index is 775. The molecule has 0 bridgehead atoms. The van der Waals surface area contributed by atoms with E-state index < -0.39 is 0 Å². The van der Waals surface area contributed by atoms with E-state index in [1.165, 1.54) is 0 Å². The molecule has 0 spiro atoms. The lowest BCUT2D eigenvalue weighted by molar-refractivity contribution is -0.126. The van der Waals surface area contributed by atoms with Crippen molar-refractivity contribution in [1.82, 2.24) is 15.2 Å². The molecule has 1 aromatic carbocycles. The summed E-state index contributed by atoms with van der Waals surface area (Å²) in [6, 6.07) is 10.6. The number of carbonyl (C=O) groups is 2. The Kier molecular flexibility index (Phi) is 10.4. The van der Waals surface area contributed by atoms with Crippen molar-refractivity contribution in [2.75, 3.05) is 26.2 Å². The van der Waals surface area contributed by atoms with E-state index in [4.69, 9.17) is 10.5 Å². The van der Waals surface area contributed by atoms with Gasteiger partial charge in [0, 0.05) is 37.9 Å². The summed E-state index contributed by atoms with van der Waals surface area (Å²) >= 11 is 0. The maximum Gasteiger partial charge on any atom is 0.253 e. The van der Waals surface area contributed by atoms with Gasteiger partial charge >= 0.3 is 0 Å². The van der Waals surface area contributed by atoms with E-state index in [0.717, 1.165) is 12.8 Å². The van der Waals surface area contributed by atoms with E-state index in [0.29, 0.717) is 43.2 Å². The van der Waals surface area contributed by atoms with Crippen molar-refractivity contribution in [2.24, 2.45) is 11.7 Å². The van der Waals surface area contributed by atoms with Crippen molar-refractivity contribution in [3.05, 3.63) is 54.4 Å². The minimum atomic E-state index is -0.178.